The van der Waals surface area contributed by atoms with E-state index in [0.29, 0.717) is 0 Å². The van der Waals surface area contributed by atoms with Gasteiger partial charge in [0.25, 0.3) is 5.17 Å². The van der Waals surface area contributed by atoms with Crippen molar-refractivity contribution in [3.05, 3.63) is 35.9 Å². The first-order valence-corrected chi connectivity index (χ1v) is 5.53. The summed E-state index contributed by atoms with van der Waals surface area (Å²) in [5.41, 5.74) is 0.932. The lowest BCUT2D eigenvalue weighted by Crippen LogP contribution is -2.32. The third-order valence-corrected chi connectivity index (χ3v) is 2.12. The SMILES string of the molecule is CC#CCOC(=S)NC(=O)Cc1ccccc1. The van der Waals surface area contributed by atoms with Crippen LogP contribution in [0.25, 0.3) is 0 Å². The fourth-order valence-electron chi connectivity index (χ4n) is 1.15. The van der Waals surface area contributed by atoms with Crippen LogP contribution in [-0.4, -0.2) is 17.7 Å². The summed E-state index contributed by atoms with van der Waals surface area (Å²) in [5, 5.41) is 2.55. The van der Waals surface area contributed by atoms with Gasteiger partial charge in [-0.15, -0.1) is 5.92 Å². The predicted octanol–water partition coefficient (Wildman–Crippen LogP) is 1.67. The van der Waals surface area contributed by atoms with Gasteiger partial charge in [0.2, 0.25) is 5.91 Å². The molecule has 17 heavy (non-hydrogen) atoms. The zero-order chi connectivity index (χ0) is 12.5. The molecule has 0 saturated heterocycles. The maximum Gasteiger partial charge on any atom is 0.264 e. The molecule has 0 aliphatic carbocycles. The van der Waals surface area contributed by atoms with Crippen LogP contribution in [0.1, 0.15) is 12.5 Å². The van der Waals surface area contributed by atoms with Crippen molar-refractivity contribution < 1.29 is 9.53 Å². The highest BCUT2D eigenvalue weighted by atomic mass is 32.1. The molecule has 1 amide bonds. The van der Waals surface area contributed by atoms with Crippen LogP contribution in [-0.2, 0) is 16.0 Å². The third-order valence-electron chi connectivity index (χ3n) is 1.90. The van der Waals surface area contributed by atoms with E-state index >= 15 is 0 Å². The summed E-state index contributed by atoms with van der Waals surface area (Å²) in [4.78, 5) is 11.5. The van der Waals surface area contributed by atoms with Crippen LogP contribution in [0.3, 0.4) is 0 Å². The number of carbonyl (C=O) groups is 1. The van der Waals surface area contributed by atoms with Crippen LogP contribution in [0.5, 0.6) is 0 Å². The summed E-state index contributed by atoms with van der Waals surface area (Å²) in [7, 11) is 0. The molecule has 0 saturated carbocycles. The zero-order valence-corrected chi connectivity index (χ0v) is 10.3. The minimum absolute atomic E-state index is 0.0636. The summed E-state index contributed by atoms with van der Waals surface area (Å²) >= 11 is 4.84. The molecule has 0 radical (unpaired) electrons. The summed E-state index contributed by atoms with van der Waals surface area (Å²) in [6.45, 7) is 1.90. The van der Waals surface area contributed by atoms with Crippen LogP contribution >= 0.6 is 12.2 Å². The lowest BCUT2D eigenvalue weighted by atomic mass is 10.1. The molecular formula is C13H13NO2S. The van der Waals surface area contributed by atoms with E-state index < -0.39 is 0 Å². The van der Waals surface area contributed by atoms with E-state index in [2.05, 4.69) is 17.2 Å². The van der Waals surface area contributed by atoms with Gasteiger partial charge in [0.15, 0.2) is 6.61 Å². The third kappa shape index (κ3) is 5.69. The summed E-state index contributed by atoms with van der Waals surface area (Å²) < 4.78 is 5.02. The van der Waals surface area contributed by atoms with Crippen molar-refractivity contribution >= 4 is 23.3 Å². The van der Waals surface area contributed by atoms with Crippen LogP contribution in [0, 0.1) is 11.8 Å². The molecule has 0 atom stereocenters. The molecule has 1 rings (SSSR count). The molecule has 0 heterocycles. The smallest absolute Gasteiger partial charge is 0.264 e. The quantitative estimate of drug-likeness (QED) is 0.652. The van der Waals surface area contributed by atoms with Crippen LogP contribution in [0.4, 0.5) is 0 Å². The van der Waals surface area contributed by atoms with Crippen LogP contribution < -0.4 is 5.32 Å². The standard InChI is InChI=1S/C13H13NO2S/c1-2-3-9-16-13(17)14-12(15)10-11-7-5-4-6-8-11/h4-8H,9-10H2,1H3,(H,14,15,17). The fourth-order valence-corrected chi connectivity index (χ4v) is 1.32. The lowest BCUT2D eigenvalue weighted by molar-refractivity contribution is -0.119. The number of amides is 1. The van der Waals surface area contributed by atoms with E-state index in [9.17, 15) is 4.79 Å². The Labute approximate surface area is 106 Å². The maximum absolute atomic E-state index is 11.5. The number of nitrogens with one attached hydrogen (secondary N) is 1. The molecule has 0 bridgehead atoms. The van der Waals surface area contributed by atoms with E-state index in [1.807, 2.05) is 30.3 Å². The van der Waals surface area contributed by atoms with E-state index in [1.54, 1.807) is 6.92 Å². The molecule has 0 aliphatic rings. The Morgan fingerprint density at radius 2 is 2.12 bits per heavy atom. The van der Waals surface area contributed by atoms with E-state index in [1.165, 1.54) is 0 Å². The summed E-state index contributed by atoms with van der Waals surface area (Å²) in [6.07, 6.45) is 0.282. The average Bonchev–Trinajstić information content (AvgIpc) is 2.30. The number of benzene rings is 1. The van der Waals surface area contributed by atoms with Crippen molar-refractivity contribution in [3.8, 4) is 11.8 Å². The number of rotatable bonds is 3. The van der Waals surface area contributed by atoms with E-state index in [4.69, 9.17) is 17.0 Å². The van der Waals surface area contributed by atoms with Crippen LogP contribution in [0.15, 0.2) is 30.3 Å². The number of ether oxygens (including phenoxy) is 1. The first-order chi connectivity index (χ1) is 8.22. The normalized spacial score (nSPS) is 8.76. The largest absolute Gasteiger partial charge is 0.458 e. The first-order valence-electron chi connectivity index (χ1n) is 5.12. The van der Waals surface area contributed by atoms with Gasteiger partial charge in [-0.2, -0.15) is 0 Å². The fraction of sp³-hybridized carbons (Fsp3) is 0.231. The Morgan fingerprint density at radius 1 is 1.41 bits per heavy atom. The Kier molecular flexibility index (Phi) is 5.76. The van der Waals surface area contributed by atoms with Gasteiger partial charge >= 0.3 is 0 Å². The molecule has 1 aromatic carbocycles. The molecule has 0 unspecified atom stereocenters. The molecule has 1 aromatic rings. The summed E-state index contributed by atoms with van der Waals surface area (Å²) in [6, 6.07) is 9.43. The topological polar surface area (TPSA) is 38.3 Å². The lowest BCUT2D eigenvalue weighted by Gasteiger charge is -2.06. The van der Waals surface area contributed by atoms with Crippen molar-refractivity contribution in [1.29, 1.82) is 0 Å². The second kappa shape index (κ2) is 7.42. The maximum atomic E-state index is 11.5. The van der Waals surface area contributed by atoms with Gasteiger partial charge < -0.3 is 4.74 Å². The van der Waals surface area contributed by atoms with Crippen molar-refractivity contribution in [3.63, 3.8) is 0 Å². The molecule has 0 spiro atoms. The number of hydrogen-bond donors (Lipinski definition) is 1. The van der Waals surface area contributed by atoms with E-state index in [-0.39, 0.29) is 24.1 Å². The molecule has 88 valence electrons. The Bertz CT molecular complexity index is 445. The summed E-state index contributed by atoms with van der Waals surface area (Å²) in [5.74, 6) is 5.17. The van der Waals surface area contributed by atoms with Gasteiger partial charge in [-0.05, 0) is 24.7 Å². The predicted molar refractivity (Wildman–Crippen MR) is 70.3 cm³/mol. The highest BCUT2D eigenvalue weighted by Crippen LogP contribution is 1.99. The molecular weight excluding hydrogens is 234 g/mol. The van der Waals surface area contributed by atoms with Crippen LogP contribution in [0.2, 0.25) is 0 Å². The minimum Gasteiger partial charge on any atom is -0.458 e. The average molecular weight is 247 g/mol. The second-order valence-electron chi connectivity index (χ2n) is 3.21. The number of hydrogen-bond acceptors (Lipinski definition) is 3. The Morgan fingerprint density at radius 3 is 2.76 bits per heavy atom. The van der Waals surface area contributed by atoms with Crippen molar-refractivity contribution in [2.24, 2.45) is 0 Å². The molecule has 1 N–H and O–H groups in total. The van der Waals surface area contributed by atoms with E-state index in [0.717, 1.165) is 5.56 Å². The van der Waals surface area contributed by atoms with Gasteiger partial charge in [-0.25, -0.2) is 0 Å². The Balaban J connectivity index is 2.34. The molecule has 0 fully saturated rings. The second-order valence-corrected chi connectivity index (χ2v) is 3.58. The van der Waals surface area contributed by atoms with Crippen molar-refractivity contribution in [1.82, 2.24) is 5.32 Å². The van der Waals surface area contributed by atoms with Gasteiger partial charge in [0, 0.05) is 0 Å². The van der Waals surface area contributed by atoms with Crippen molar-refractivity contribution in [2.45, 2.75) is 13.3 Å². The number of thiocarbonyl (C=S) groups is 1. The molecule has 0 aliphatic heterocycles. The highest BCUT2D eigenvalue weighted by molar-refractivity contribution is 7.80. The van der Waals surface area contributed by atoms with Crippen molar-refractivity contribution in [2.75, 3.05) is 6.61 Å². The van der Waals surface area contributed by atoms with Gasteiger partial charge in [-0.1, -0.05) is 36.3 Å². The highest BCUT2D eigenvalue weighted by Gasteiger charge is 2.05. The minimum atomic E-state index is -0.189. The van der Waals surface area contributed by atoms with Gasteiger partial charge in [-0.3, -0.25) is 10.1 Å². The molecule has 0 aromatic heterocycles. The Hall–Kier alpha value is -1.86. The zero-order valence-electron chi connectivity index (χ0n) is 9.53. The molecule has 3 nitrogen and oxygen atoms in total. The first kappa shape index (κ1) is 13.2. The van der Waals surface area contributed by atoms with Gasteiger partial charge in [0.05, 0.1) is 6.42 Å². The van der Waals surface area contributed by atoms with Gasteiger partial charge in [0.1, 0.15) is 0 Å². The monoisotopic (exact) mass is 247 g/mol. The molecule has 4 heteroatoms. The number of carbonyl (C=O) groups excluding carboxylic acids is 1.